The zero-order valence-corrected chi connectivity index (χ0v) is 13.1. The van der Waals surface area contributed by atoms with E-state index in [1.165, 1.54) is 17.4 Å². The van der Waals surface area contributed by atoms with E-state index in [1.807, 2.05) is 0 Å². The number of thiophene rings is 1. The van der Waals surface area contributed by atoms with E-state index in [-0.39, 0.29) is 11.7 Å². The van der Waals surface area contributed by atoms with Gasteiger partial charge >= 0.3 is 0 Å². The summed E-state index contributed by atoms with van der Waals surface area (Å²) in [7, 11) is 0. The number of aryl methyl sites for hydroxylation is 2. The molecule has 0 unspecified atom stereocenters. The van der Waals surface area contributed by atoms with Crippen LogP contribution in [-0.4, -0.2) is 16.0 Å². The number of fused-ring (bicyclic) bond motifs is 1. The number of carbonyl (C=O) groups is 1. The number of halogens is 1. The first-order valence-electron chi connectivity index (χ1n) is 6.76. The summed E-state index contributed by atoms with van der Waals surface area (Å²) >= 11 is 1.27. The highest BCUT2D eigenvalue weighted by Crippen LogP contribution is 2.32. The Labute approximate surface area is 130 Å². The zero-order chi connectivity index (χ0) is 15.9. The molecular formula is C15H14FN3O2S. The summed E-state index contributed by atoms with van der Waals surface area (Å²) in [5.74, 6) is 0.263. The van der Waals surface area contributed by atoms with Crippen LogP contribution in [0.1, 0.15) is 39.9 Å². The topological polar surface area (TPSA) is 68.0 Å². The molecule has 0 bridgehead atoms. The molecule has 0 aliphatic heterocycles. The fraction of sp³-hybridized carbons (Fsp3) is 0.267. The largest absolute Gasteiger partial charge is 0.340 e. The van der Waals surface area contributed by atoms with Crippen molar-refractivity contribution in [2.45, 2.75) is 26.8 Å². The second kappa shape index (κ2) is 5.49. The molecule has 0 saturated heterocycles. The van der Waals surface area contributed by atoms with Crippen LogP contribution in [0.15, 0.2) is 22.7 Å². The van der Waals surface area contributed by atoms with Crippen LogP contribution in [0.4, 0.5) is 4.39 Å². The fourth-order valence-electron chi connectivity index (χ4n) is 2.28. The summed E-state index contributed by atoms with van der Waals surface area (Å²) in [6, 6.07) is 4.42. The monoisotopic (exact) mass is 319 g/mol. The number of amides is 1. The van der Waals surface area contributed by atoms with Gasteiger partial charge in [-0.2, -0.15) is 4.98 Å². The van der Waals surface area contributed by atoms with Gasteiger partial charge in [-0.05, 0) is 38.5 Å². The molecule has 1 aromatic carbocycles. The van der Waals surface area contributed by atoms with E-state index in [0.29, 0.717) is 27.5 Å². The molecule has 0 aliphatic carbocycles. The Morgan fingerprint density at radius 2 is 2.18 bits per heavy atom. The highest BCUT2D eigenvalue weighted by atomic mass is 32.1. The van der Waals surface area contributed by atoms with Crippen LogP contribution in [-0.2, 0) is 0 Å². The second-order valence-electron chi connectivity index (χ2n) is 5.04. The lowest BCUT2D eigenvalue weighted by Crippen LogP contribution is -2.26. The third-order valence-electron chi connectivity index (χ3n) is 3.37. The molecule has 114 valence electrons. The van der Waals surface area contributed by atoms with Crippen molar-refractivity contribution in [3.8, 4) is 0 Å². The Bertz CT molecular complexity index is 856. The molecule has 22 heavy (non-hydrogen) atoms. The molecule has 0 saturated carbocycles. The van der Waals surface area contributed by atoms with E-state index in [9.17, 15) is 9.18 Å². The minimum absolute atomic E-state index is 0.276. The molecule has 5 nitrogen and oxygen atoms in total. The number of hydrogen-bond donors (Lipinski definition) is 1. The Morgan fingerprint density at radius 1 is 1.41 bits per heavy atom. The highest BCUT2D eigenvalue weighted by Gasteiger charge is 2.21. The van der Waals surface area contributed by atoms with Crippen LogP contribution in [0.25, 0.3) is 10.1 Å². The Balaban J connectivity index is 1.89. The molecule has 0 aliphatic rings. The fourth-order valence-corrected chi connectivity index (χ4v) is 3.41. The van der Waals surface area contributed by atoms with Gasteiger partial charge in [-0.3, -0.25) is 4.79 Å². The summed E-state index contributed by atoms with van der Waals surface area (Å²) in [6.07, 6.45) is 0. The van der Waals surface area contributed by atoms with Gasteiger partial charge < -0.3 is 9.84 Å². The maximum Gasteiger partial charge on any atom is 0.262 e. The van der Waals surface area contributed by atoms with E-state index < -0.39 is 6.04 Å². The molecule has 7 heteroatoms. The molecule has 1 N–H and O–H groups in total. The summed E-state index contributed by atoms with van der Waals surface area (Å²) in [6.45, 7) is 5.22. The summed E-state index contributed by atoms with van der Waals surface area (Å²) < 4.78 is 19.7. The van der Waals surface area contributed by atoms with Gasteiger partial charge in [0.1, 0.15) is 11.9 Å². The van der Waals surface area contributed by atoms with E-state index in [0.717, 1.165) is 4.70 Å². The summed E-state index contributed by atoms with van der Waals surface area (Å²) in [5, 5.41) is 7.00. The molecule has 1 amide bonds. The predicted molar refractivity (Wildman–Crippen MR) is 81.4 cm³/mol. The van der Waals surface area contributed by atoms with Gasteiger partial charge in [-0.15, -0.1) is 11.3 Å². The summed E-state index contributed by atoms with van der Waals surface area (Å²) in [5.41, 5.74) is 0.643. The van der Waals surface area contributed by atoms with Crippen LogP contribution in [0, 0.1) is 19.7 Å². The smallest absolute Gasteiger partial charge is 0.262 e. The number of nitrogens with one attached hydrogen (secondary N) is 1. The van der Waals surface area contributed by atoms with E-state index in [1.54, 1.807) is 32.9 Å². The van der Waals surface area contributed by atoms with Crippen molar-refractivity contribution in [1.82, 2.24) is 15.5 Å². The number of hydrogen-bond acceptors (Lipinski definition) is 5. The zero-order valence-electron chi connectivity index (χ0n) is 12.3. The Kier molecular flexibility index (Phi) is 3.66. The maximum absolute atomic E-state index is 13.9. The van der Waals surface area contributed by atoms with Crippen molar-refractivity contribution >= 4 is 27.3 Å². The van der Waals surface area contributed by atoms with E-state index in [2.05, 4.69) is 15.5 Å². The lowest BCUT2D eigenvalue weighted by Gasteiger charge is -2.09. The summed E-state index contributed by atoms with van der Waals surface area (Å²) in [4.78, 5) is 17.0. The Hall–Kier alpha value is -2.28. The number of carbonyl (C=O) groups excluding carboxylic acids is 1. The van der Waals surface area contributed by atoms with Gasteiger partial charge in [0.15, 0.2) is 5.82 Å². The number of benzene rings is 1. The van der Waals surface area contributed by atoms with Crippen molar-refractivity contribution < 1.29 is 13.7 Å². The first kappa shape index (κ1) is 14.6. The third-order valence-corrected chi connectivity index (χ3v) is 4.63. The van der Waals surface area contributed by atoms with Crippen LogP contribution in [0.5, 0.6) is 0 Å². The lowest BCUT2D eigenvalue weighted by atomic mass is 10.1. The molecule has 0 fully saturated rings. The molecule has 1 atom stereocenters. The Morgan fingerprint density at radius 3 is 2.82 bits per heavy atom. The van der Waals surface area contributed by atoms with E-state index >= 15 is 0 Å². The second-order valence-corrected chi connectivity index (χ2v) is 6.10. The predicted octanol–water partition coefficient (Wildman–Crippen LogP) is 3.53. The highest BCUT2D eigenvalue weighted by molar-refractivity contribution is 7.21. The van der Waals surface area contributed by atoms with Crippen LogP contribution >= 0.6 is 11.3 Å². The van der Waals surface area contributed by atoms with Crippen LogP contribution < -0.4 is 5.32 Å². The van der Waals surface area contributed by atoms with Gasteiger partial charge in [0, 0.05) is 10.1 Å². The SMILES string of the molecule is Cc1noc([C@H](C)NC(=O)c2sc3cccc(F)c3c2C)n1. The molecule has 0 radical (unpaired) electrons. The van der Waals surface area contributed by atoms with E-state index in [4.69, 9.17) is 4.52 Å². The van der Waals surface area contributed by atoms with Gasteiger partial charge in [0.2, 0.25) is 5.89 Å². The molecule has 3 rings (SSSR count). The maximum atomic E-state index is 13.9. The molecule has 3 aromatic rings. The number of nitrogens with zero attached hydrogens (tertiary/aromatic N) is 2. The molecular weight excluding hydrogens is 305 g/mol. The van der Waals surface area contributed by atoms with Crippen molar-refractivity contribution in [3.05, 3.63) is 46.2 Å². The lowest BCUT2D eigenvalue weighted by molar-refractivity contribution is 0.0936. The van der Waals surface area contributed by atoms with Crippen molar-refractivity contribution in [2.24, 2.45) is 0 Å². The van der Waals surface area contributed by atoms with Crippen molar-refractivity contribution in [1.29, 1.82) is 0 Å². The minimum atomic E-state index is -0.414. The van der Waals surface area contributed by atoms with Crippen LogP contribution in [0.2, 0.25) is 0 Å². The average molecular weight is 319 g/mol. The number of aromatic nitrogens is 2. The van der Waals surface area contributed by atoms with Crippen LogP contribution in [0.3, 0.4) is 0 Å². The van der Waals surface area contributed by atoms with Gasteiger partial charge in [-0.1, -0.05) is 11.2 Å². The van der Waals surface area contributed by atoms with Crippen molar-refractivity contribution in [3.63, 3.8) is 0 Å². The van der Waals surface area contributed by atoms with Gasteiger partial charge in [0.05, 0.1) is 4.88 Å². The first-order valence-corrected chi connectivity index (χ1v) is 7.57. The van der Waals surface area contributed by atoms with Gasteiger partial charge in [0.25, 0.3) is 5.91 Å². The molecule has 2 heterocycles. The minimum Gasteiger partial charge on any atom is -0.340 e. The average Bonchev–Trinajstić information content (AvgIpc) is 3.04. The van der Waals surface area contributed by atoms with Crippen molar-refractivity contribution in [2.75, 3.05) is 0 Å². The molecule has 2 aromatic heterocycles. The number of rotatable bonds is 3. The quantitative estimate of drug-likeness (QED) is 0.802. The third kappa shape index (κ3) is 2.48. The van der Waals surface area contributed by atoms with Gasteiger partial charge in [-0.25, -0.2) is 4.39 Å². The standard InChI is InChI=1S/C15H14FN3O2S/c1-7-12-10(16)5-4-6-11(12)22-13(7)14(20)17-8(2)15-18-9(3)19-21-15/h4-6,8H,1-3H3,(H,17,20)/t8-/m0/s1. The first-order chi connectivity index (χ1) is 10.5. The normalized spacial score (nSPS) is 12.5. The molecule has 0 spiro atoms.